The van der Waals surface area contributed by atoms with E-state index in [0.717, 1.165) is 21.4 Å². The fourth-order valence-corrected chi connectivity index (χ4v) is 4.08. The van der Waals surface area contributed by atoms with Crippen molar-refractivity contribution in [1.29, 1.82) is 0 Å². The highest BCUT2D eigenvalue weighted by Gasteiger charge is 2.14. The number of benzene rings is 1. The van der Waals surface area contributed by atoms with Gasteiger partial charge in [0, 0.05) is 5.69 Å². The SMILES string of the molecule is Cc1ccccc1Nc1nn(C[NH+]2CCCCCCC2)c(=S)s1. The van der Waals surface area contributed by atoms with Gasteiger partial charge in [-0.15, -0.1) is 5.10 Å². The predicted molar refractivity (Wildman–Crippen MR) is 99.2 cm³/mol. The molecule has 4 nitrogen and oxygen atoms in total. The third-order valence-electron chi connectivity index (χ3n) is 4.43. The Hall–Kier alpha value is -1.24. The first-order chi connectivity index (χ1) is 11.2. The van der Waals surface area contributed by atoms with E-state index in [4.69, 9.17) is 17.3 Å². The number of aryl methyl sites for hydroxylation is 1. The van der Waals surface area contributed by atoms with Crippen molar-refractivity contribution >= 4 is 34.4 Å². The molecule has 0 unspecified atom stereocenters. The molecule has 1 fully saturated rings. The van der Waals surface area contributed by atoms with Gasteiger partial charge in [-0.05, 0) is 56.5 Å². The molecular formula is C17H25N4S2+. The summed E-state index contributed by atoms with van der Waals surface area (Å²) in [6.07, 6.45) is 6.77. The molecule has 0 aliphatic carbocycles. The van der Waals surface area contributed by atoms with Gasteiger partial charge >= 0.3 is 0 Å². The van der Waals surface area contributed by atoms with Gasteiger partial charge in [0.05, 0.1) is 13.1 Å². The zero-order chi connectivity index (χ0) is 16.1. The first-order valence-electron chi connectivity index (χ1n) is 8.46. The molecule has 0 radical (unpaired) electrons. The van der Waals surface area contributed by atoms with Crippen molar-refractivity contribution in [1.82, 2.24) is 9.78 Å². The van der Waals surface area contributed by atoms with Crippen molar-refractivity contribution in [3.63, 3.8) is 0 Å². The molecular weight excluding hydrogens is 324 g/mol. The highest BCUT2D eigenvalue weighted by atomic mass is 32.1. The van der Waals surface area contributed by atoms with Gasteiger partial charge in [0.15, 0.2) is 10.6 Å². The van der Waals surface area contributed by atoms with Crippen LogP contribution in [0.5, 0.6) is 0 Å². The quantitative estimate of drug-likeness (QED) is 0.829. The number of aromatic nitrogens is 2. The fourth-order valence-electron chi connectivity index (χ4n) is 3.06. The average molecular weight is 350 g/mol. The maximum atomic E-state index is 5.52. The largest absolute Gasteiger partial charge is 0.330 e. The summed E-state index contributed by atoms with van der Waals surface area (Å²) in [5.41, 5.74) is 2.32. The normalized spacial score (nSPS) is 16.7. The fraction of sp³-hybridized carbons (Fsp3) is 0.529. The van der Waals surface area contributed by atoms with Crippen molar-refractivity contribution in [3.8, 4) is 0 Å². The van der Waals surface area contributed by atoms with Crippen molar-refractivity contribution in [2.24, 2.45) is 0 Å². The zero-order valence-electron chi connectivity index (χ0n) is 13.7. The maximum absolute atomic E-state index is 5.52. The monoisotopic (exact) mass is 349 g/mol. The number of nitrogens with one attached hydrogen (secondary N) is 2. The molecule has 0 spiro atoms. The summed E-state index contributed by atoms with van der Waals surface area (Å²) in [6, 6.07) is 8.26. The predicted octanol–water partition coefficient (Wildman–Crippen LogP) is 3.53. The standard InChI is InChI=1S/C17H24N4S2/c1-14-9-5-6-10-15(14)18-16-19-21(17(22)23-16)13-20-11-7-3-2-4-8-12-20/h5-6,9-10H,2-4,7-8,11-13H2,1H3,(H,18,19)/p+1. The minimum absolute atomic E-state index is 0.857. The molecule has 0 saturated carbocycles. The summed E-state index contributed by atoms with van der Waals surface area (Å²) in [5, 5.41) is 8.98. The maximum Gasteiger partial charge on any atom is 0.209 e. The van der Waals surface area contributed by atoms with Gasteiger partial charge in [0.1, 0.15) is 0 Å². The van der Waals surface area contributed by atoms with Gasteiger partial charge in [-0.1, -0.05) is 36.0 Å². The minimum Gasteiger partial charge on any atom is -0.330 e. The van der Waals surface area contributed by atoms with Crippen LogP contribution in [0.2, 0.25) is 0 Å². The number of hydrogen-bond donors (Lipinski definition) is 2. The highest BCUT2D eigenvalue weighted by molar-refractivity contribution is 7.73. The first kappa shape index (κ1) is 16.6. The number of nitrogens with zero attached hydrogens (tertiary/aromatic N) is 2. The molecule has 2 aromatic rings. The van der Waals surface area contributed by atoms with Gasteiger partial charge in [-0.2, -0.15) is 4.68 Å². The minimum atomic E-state index is 0.857. The Kier molecular flexibility index (Phi) is 5.80. The summed E-state index contributed by atoms with van der Waals surface area (Å²) in [5.74, 6) is 0. The van der Waals surface area contributed by atoms with Crippen molar-refractivity contribution in [2.45, 2.75) is 45.7 Å². The Labute approximate surface area is 147 Å². The smallest absolute Gasteiger partial charge is 0.209 e. The molecule has 2 N–H and O–H groups in total. The molecule has 3 rings (SSSR count). The lowest BCUT2D eigenvalue weighted by Gasteiger charge is -2.21. The van der Waals surface area contributed by atoms with Crippen LogP contribution in [0.3, 0.4) is 0 Å². The van der Waals surface area contributed by atoms with Gasteiger partial charge < -0.3 is 10.2 Å². The van der Waals surface area contributed by atoms with Crippen molar-refractivity contribution < 1.29 is 4.90 Å². The highest BCUT2D eigenvalue weighted by Crippen LogP contribution is 2.22. The van der Waals surface area contributed by atoms with E-state index < -0.39 is 0 Å². The Morgan fingerprint density at radius 1 is 1.17 bits per heavy atom. The molecule has 0 bridgehead atoms. The van der Waals surface area contributed by atoms with E-state index >= 15 is 0 Å². The second kappa shape index (κ2) is 8.04. The van der Waals surface area contributed by atoms with Crippen molar-refractivity contribution in [2.75, 3.05) is 18.4 Å². The summed E-state index contributed by atoms with van der Waals surface area (Å²) in [4.78, 5) is 1.61. The summed E-state index contributed by atoms with van der Waals surface area (Å²) < 4.78 is 2.85. The topological polar surface area (TPSA) is 34.3 Å². The number of para-hydroxylation sites is 1. The molecule has 0 atom stereocenters. The molecule has 0 amide bonds. The van der Waals surface area contributed by atoms with Crippen LogP contribution < -0.4 is 10.2 Å². The number of quaternary nitrogens is 1. The van der Waals surface area contributed by atoms with Gasteiger partial charge in [-0.25, -0.2) is 0 Å². The lowest BCUT2D eigenvalue weighted by molar-refractivity contribution is -0.924. The Morgan fingerprint density at radius 3 is 2.61 bits per heavy atom. The zero-order valence-corrected chi connectivity index (χ0v) is 15.3. The van der Waals surface area contributed by atoms with E-state index in [-0.39, 0.29) is 0 Å². The van der Waals surface area contributed by atoms with Crippen LogP contribution in [-0.2, 0) is 6.67 Å². The second-order valence-corrected chi connectivity index (χ2v) is 7.91. The van der Waals surface area contributed by atoms with Crippen molar-refractivity contribution in [3.05, 3.63) is 33.8 Å². The second-order valence-electron chi connectivity index (χ2n) is 6.29. The van der Waals surface area contributed by atoms with Gasteiger partial charge in [0.25, 0.3) is 0 Å². The molecule has 2 heterocycles. The van der Waals surface area contributed by atoms with E-state index in [2.05, 4.69) is 24.4 Å². The molecule has 1 aliphatic heterocycles. The molecule has 1 aromatic carbocycles. The molecule has 124 valence electrons. The summed E-state index contributed by atoms with van der Waals surface area (Å²) >= 11 is 7.07. The Bertz CT molecular complexity index is 684. The van der Waals surface area contributed by atoms with Crippen LogP contribution in [-0.4, -0.2) is 22.9 Å². The van der Waals surface area contributed by atoms with E-state index in [0.29, 0.717) is 0 Å². The molecule has 23 heavy (non-hydrogen) atoms. The summed E-state index contributed by atoms with van der Waals surface area (Å²) in [6.45, 7) is 5.47. The van der Waals surface area contributed by atoms with Crippen LogP contribution in [0, 0.1) is 10.9 Å². The molecule has 6 heteroatoms. The lowest BCUT2D eigenvalue weighted by Crippen LogP contribution is -3.11. The third-order valence-corrected chi connectivity index (χ3v) is 5.65. The number of anilines is 2. The third kappa shape index (κ3) is 4.62. The number of hydrogen-bond acceptors (Lipinski definition) is 4. The number of rotatable bonds is 4. The number of likely N-dealkylation sites (tertiary alicyclic amines) is 1. The molecule has 1 saturated heterocycles. The first-order valence-corrected chi connectivity index (χ1v) is 9.69. The van der Waals surface area contributed by atoms with Crippen LogP contribution in [0.25, 0.3) is 0 Å². The Morgan fingerprint density at radius 2 is 1.87 bits per heavy atom. The van der Waals surface area contributed by atoms with E-state index in [1.54, 1.807) is 16.2 Å². The van der Waals surface area contributed by atoms with E-state index in [1.165, 1.54) is 50.8 Å². The van der Waals surface area contributed by atoms with Gasteiger partial charge in [0.2, 0.25) is 5.13 Å². The van der Waals surface area contributed by atoms with Crippen LogP contribution >= 0.6 is 23.6 Å². The molecule has 1 aromatic heterocycles. The average Bonchev–Trinajstić information content (AvgIpc) is 2.84. The lowest BCUT2D eigenvalue weighted by atomic mass is 10.1. The van der Waals surface area contributed by atoms with Crippen LogP contribution in [0.1, 0.15) is 37.7 Å². The van der Waals surface area contributed by atoms with Crippen LogP contribution in [0.15, 0.2) is 24.3 Å². The molecule has 1 aliphatic rings. The van der Waals surface area contributed by atoms with E-state index in [1.807, 2.05) is 16.8 Å². The Balaban J connectivity index is 1.68. The summed E-state index contributed by atoms with van der Waals surface area (Å²) in [7, 11) is 0. The van der Waals surface area contributed by atoms with Gasteiger partial charge in [-0.3, -0.25) is 0 Å². The van der Waals surface area contributed by atoms with Crippen LogP contribution in [0.4, 0.5) is 10.8 Å². The van der Waals surface area contributed by atoms with E-state index in [9.17, 15) is 0 Å².